The molecule has 0 bridgehead atoms. The third-order valence-corrected chi connectivity index (χ3v) is 2.66. The molecule has 1 atom stereocenters. The number of carbonyl (C=O) groups is 2. The molecule has 2 rings (SSSR count). The molecular formula is C11H12FN3O2. The number of aromatic nitrogens is 1. The minimum atomic E-state index is -0.644. The SMILES string of the molecule is NC1CCC(=O)N(Cc2cncc(F)c2)C1=O. The molecule has 5 nitrogen and oxygen atoms in total. The van der Waals surface area contributed by atoms with Gasteiger partial charge in [-0.3, -0.25) is 19.5 Å². The predicted molar refractivity (Wildman–Crippen MR) is 57.0 cm³/mol. The molecular weight excluding hydrogens is 225 g/mol. The number of hydrogen-bond donors (Lipinski definition) is 1. The second-order valence-corrected chi connectivity index (χ2v) is 3.97. The number of piperidine rings is 1. The number of halogens is 1. The summed E-state index contributed by atoms with van der Waals surface area (Å²) >= 11 is 0. The van der Waals surface area contributed by atoms with Crippen LogP contribution in [0.5, 0.6) is 0 Å². The van der Waals surface area contributed by atoms with Gasteiger partial charge in [-0.25, -0.2) is 4.39 Å². The quantitative estimate of drug-likeness (QED) is 0.745. The highest BCUT2D eigenvalue weighted by molar-refractivity contribution is 6.00. The van der Waals surface area contributed by atoms with Gasteiger partial charge in [0.05, 0.1) is 18.8 Å². The number of hydrogen-bond acceptors (Lipinski definition) is 4. The Balaban J connectivity index is 2.16. The van der Waals surface area contributed by atoms with Gasteiger partial charge in [0.1, 0.15) is 5.82 Å². The first-order valence-corrected chi connectivity index (χ1v) is 5.27. The summed E-state index contributed by atoms with van der Waals surface area (Å²) in [5.41, 5.74) is 6.05. The Bertz CT molecular complexity index is 464. The highest BCUT2D eigenvalue weighted by Crippen LogP contribution is 2.15. The summed E-state index contributed by atoms with van der Waals surface area (Å²) < 4.78 is 12.9. The molecule has 0 spiro atoms. The van der Waals surface area contributed by atoms with Crippen molar-refractivity contribution in [1.29, 1.82) is 0 Å². The zero-order chi connectivity index (χ0) is 12.4. The Morgan fingerprint density at radius 1 is 1.47 bits per heavy atom. The summed E-state index contributed by atoms with van der Waals surface area (Å²) in [7, 11) is 0. The lowest BCUT2D eigenvalue weighted by molar-refractivity contribution is -0.149. The monoisotopic (exact) mass is 237 g/mol. The Morgan fingerprint density at radius 3 is 2.94 bits per heavy atom. The standard InChI is InChI=1S/C11H12FN3O2/c12-8-3-7(4-14-5-8)6-15-10(16)2-1-9(13)11(15)17/h3-5,9H,1-2,6,13H2. The van der Waals surface area contributed by atoms with Gasteiger partial charge in [-0.05, 0) is 18.1 Å². The van der Waals surface area contributed by atoms with Gasteiger partial charge in [0, 0.05) is 12.6 Å². The van der Waals surface area contributed by atoms with E-state index in [9.17, 15) is 14.0 Å². The summed E-state index contributed by atoms with van der Waals surface area (Å²) in [6.07, 6.45) is 3.10. The molecule has 1 aromatic rings. The summed E-state index contributed by atoms with van der Waals surface area (Å²) in [5.74, 6) is -1.19. The van der Waals surface area contributed by atoms with Crippen LogP contribution in [0.2, 0.25) is 0 Å². The van der Waals surface area contributed by atoms with E-state index in [-0.39, 0.29) is 18.9 Å². The molecule has 1 aromatic heterocycles. The topological polar surface area (TPSA) is 76.3 Å². The first-order valence-electron chi connectivity index (χ1n) is 5.27. The van der Waals surface area contributed by atoms with E-state index in [1.54, 1.807) is 0 Å². The highest BCUT2D eigenvalue weighted by atomic mass is 19.1. The maximum Gasteiger partial charge on any atom is 0.246 e. The number of rotatable bonds is 2. The van der Waals surface area contributed by atoms with Crippen LogP contribution in [0.15, 0.2) is 18.5 Å². The van der Waals surface area contributed by atoms with Crippen molar-refractivity contribution in [3.63, 3.8) is 0 Å². The zero-order valence-electron chi connectivity index (χ0n) is 9.10. The van der Waals surface area contributed by atoms with Gasteiger partial charge in [0.2, 0.25) is 11.8 Å². The fourth-order valence-electron chi connectivity index (χ4n) is 1.75. The third-order valence-electron chi connectivity index (χ3n) is 2.66. The van der Waals surface area contributed by atoms with E-state index in [4.69, 9.17) is 5.73 Å². The van der Waals surface area contributed by atoms with Crippen LogP contribution in [0.3, 0.4) is 0 Å². The maximum atomic E-state index is 12.9. The van der Waals surface area contributed by atoms with Crippen LogP contribution in [-0.4, -0.2) is 27.7 Å². The van der Waals surface area contributed by atoms with E-state index in [0.717, 1.165) is 11.1 Å². The molecule has 1 aliphatic rings. The number of likely N-dealkylation sites (tertiary alicyclic amines) is 1. The van der Waals surface area contributed by atoms with Crippen LogP contribution >= 0.6 is 0 Å². The Labute approximate surface area is 97.4 Å². The number of imide groups is 1. The van der Waals surface area contributed by atoms with Gasteiger partial charge >= 0.3 is 0 Å². The van der Waals surface area contributed by atoms with E-state index in [0.29, 0.717) is 12.0 Å². The van der Waals surface area contributed by atoms with Crippen molar-refractivity contribution in [2.24, 2.45) is 5.73 Å². The average molecular weight is 237 g/mol. The van der Waals surface area contributed by atoms with Crippen molar-refractivity contribution in [3.8, 4) is 0 Å². The highest BCUT2D eigenvalue weighted by Gasteiger charge is 2.31. The molecule has 0 radical (unpaired) electrons. The molecule has 6 heteroatoms. The first kappa shape index (κ1) is 11.7. The van der Waals surface area contributed by atoms with Crippen molar-refractivity contribution >= 4 is 11.8 Å². The molecule has 1 fully saturated rings. The Hall–Kier alpha value is -1.82. The fraction of sp³-hybridized carbons (Fsp3) is 0.364. The van der Waals surface area contributed by atoms with E-state index >= 15 is 0 Å². The third kappa shape index (κ3) is 2.47. The second-order valence-electron chi connectivity index (χ2n) is 3.97. The van der Waals surface area contributed by atoms with E-state index < -0.39 is 17.8 Å². The van der Waals surface area contributed by atoms with Crippen LogP contribution in [-0.2, 0) is 16.1 Å². The predicted octanol–water partition coefficient (Wildman–Crippen LogP) is 0.197. The lowest BCUT2D eigenvalue weighted by Gasteiger charge is -2.28. The summed E-state index contributed by atoms with van der Waals surface area (Å²) in [4.78, 5) is 28.0. The molecule has 1 saturated heterocycles. The first-order chi connectivity index (χ1) is 8.08. The largest absolute Gasteiger partial charge is 0.320 e. The summed E-state index contributed by atoms with van der Waals surface area (Å²) in [6, 6.07) is 0.599. The molecule has 0 aromatic carbocycles. The van der Waals surface area contributed by atoms with Gasteiger partial charge in [-0.2, -0.15) is 0 Å². The van der Waals surface area contributed by atoms with E-state index in [1.165, 1.54) is 12.3 Å². The summed E-state index contributed by atoms with van der Waals surface area (Å²) in [5, 5.41) is 0. The smallest absolute Gasteiger partial charge is 0.246 e. The maximum absolute atomic E-state index is 12.9. The van der Waals surface area contributed by atoms with Gasteiger partial charge in [0.15, 0.2) is 0 Å². The van der Waals surface area contributed by atoms with Crippen LogP contribution in [0.1, 0.15) is 18.4 Å². The van der Waals surface area contributed by atoms with Crippen molar-refractivity contribution in [2.75, 3.05) is 0 Å². The van der Waals surface area contributed by atoms with E-state index in [1.807, 2.05) is 0 Å². The summed E-state index contributed by atoms with van der Waals surface area (Å²) in [6.45, 7) is 0.0239. The molecule has 1 aliphatic heterocycles. The Morgan fingerprint density at radius 2 is 2.24 bits per heavy atom. The van der Waals surface area contributed by atoms with Crippen LogP contribution in [0, 0.1) is 5.82 Å². The van der Waals surface area contributed by atoms with Crippen molar-refractivity contribution in [3.05, 3.63) is 29.8 Å². The molecule has 17 heavy (non-hydrogen) atoms. The number of nitrogens with zero attached hydrogens (tertiary/aromatic N) is 2. The zero-order valence-corrected chi connectivity index (χ0v) is 9.10. The van der Waals surface area contributed by atoms with Gasteiger partial charge in [-0.1, -0.05) is 0 Å². The van der Waals surface area contributed by atoms with Crippen LogP contribution in [0.4, 0.5) is 4.39 Å². The van der Waals surface area contributed by atoms with Gasteiger partial charge < -0.3 is 5.73 Å². The number of amides is 2. The molecule has 90 valence electrons. The van der Waals surface area contributed by atoms with Crippen molar-refractivity contribution in [2.45, 2.75) is 25.4 Å². The molecule has 0 aliphatic carbocycles. The number of carbonyl (C=O) groups excluding carboxylic acids is 2. The number of pyridine rings is 1. The van der Waals surface area contributed by atoms with Crippen LogP contribution in [0.25, 0.3) is 0 Å². The number of nitrogens with two attached hydrogens (primary N) is 1. The average Bonchev–Trinajstić information content (AvgIpc) is 2.30. The molecule has 0 saturated carbocycles. The lowest BCUT2D eigenvalue weighted by atomic mass is 10.0. The minimum Gasteiger partial charge on any atom is -0.320 e. The van der Waals surface area contributed by atoms with Gasteiger partial charge in [0.25, 0.3) is 0 Å². The van der Waals surface area contributed by atoms with Crippen LogP contribution < -0.4 is 5.73 Å². The minimum absolute atomic E-state index is 0.0239. The van der Waals surface area contributed by atoms with E-state index in [2.05, 4.69) is 4.98 Å². The van der Waals surface area contributed by atoms with Crippen molar-refractivity contribution < 1.29 is 14.0 Å². The lowest BCUT2D eigenvalue weighted by Crippen LogP contribution is -2.50. The molecule has 2 amide bonds. The molecule has 2 heterocycles. The van der Waals surface area contributed by atoms with Crippen molar-refractivity contribution in [1.82, 2.24) is 9.88 Å². The second kappa shape index (κ2) is 4.58. The molecule has 2 N–H and O–H groups in total. The normalized spacial score (nSPS) is 20.8. The van der Waals surface area contributed by atoms with Gasteiger partial charge in [-0.15, -0.1) is 0 Å². The Kier molecular flexibility index (Phi) is 3.14. The molecule has 1 unspecified atom stereocenters. The fourth-order valence-corrected chi connectivity index (χ4v) is 1.75.